The lowest BCUT2D eigenvalue weighted by Gasteiger charge is -2.09. The number of pyridine rings is 1. The van der Waals surface area contributed by atoms with Crippen molar-refractivity contribution in [2.75, 3.05) is 7.11 Å². The summed E-state index contributed by atoms with van der Waals surface area (Å²) < 4.78 is 5.29. The van der Waals surface area contributed by atoms with Crippen molar-refractivity contribution < 1.29 is 4.74 Å². The fraction of sp³-hybridized carbons (Fsp3) is 0.308. The third-order valence-corrected chi connectivity index (χ3v) is 2.81. The van der Waals surface area contributed by atoms with Crippen molar-refractivity contribution in [3.63, 3.8) is 0 Å². The normalized spacial score (nSPS) is 10.6. The van der Waals surface area contributed by atoms with E-state index in [1.54, 1.807) is 7.11 Å². The van der Waals surface area contributed by atoms with E-state index in [9.17, 15) is 0 Å². The van der Waals surface area contributed by atoms with Crippen molar-refractivity contribution in [1.82, 2.24) is 4.98 Å². The lowest BCUT2D eigenvalue weighted by molar-refractivity contribution is 0.412. The van der Waals surface area contributed by atoms with Crippen molar-refractivity contribution in [3.05, 3.63) is 35.5 Å². The second kappa shape index (κ2) is 3.89. The molecule has 2 heteroatoms. The van der Waals surface area contributed by atoms with Crippen LogP contribution in [0.5, 0.6) is 5.75 Å². The monoisotopic (exact) mass is 201 g/mol. The van der Waals surface area contributed by atoms with Gasteiger partial charge in [0.05, 0.1) is 12.6 Å². The first-order valence-corrected chi connectivity index (χ1v) is 5.19. The summed E-state index contributed by atoms with van der Waals surface area (Å²) in [5.74, 6) is 0.906. The zero-order chi connectivity index (χ0) is 10.8. The fourth-order valence-corrected chi connectivity index (χ4v) is 1.93. The van der Waals surface area contributed by atoms with E-state index < -0.39 is 0 Å². The highest BCUT2D eigenvalue weighted by Gasteiger charge is 2.06. The molecule has 0 aliphatic rings. The van der Waals surface area contributed by atoms with E-state index in [1.807, 2.05) is 19.2 Å². The zero-order valence-corrected chi connectivity index (χ0v) is 9.37. The highest BCUT2D eigenvalue weighted by atomic mass is 16.5. The van der Waals surface area contributed by atoms with Crippen LogP contribution in [0.15, 0.2) is 24.4 Å². The number of hydrogen-bond acceptors (Lipinski definition) is 2. The Bertz CT molecular complexity index is 491. The van der Waals surface area contributed by atoms with Gasteiger partial charge in [-0.3, -0.25) is 4.98 Å². The first-order valence-electron chi connectivity index (χ1n) is 5.19. The molecule has 0 unspecified atom stereocenters. The van der Waals surface area contributed by atoms with Gasteiger partial charge in [0.2, 0.25) is 0 Å². The maximum atomic E-state index is 5.29. The molecule has 0 saturated carbocycles. The van der Waals surface area contributed by atoms with E-state index >= 15 is 0 Å². The Hall–Kier alpha value is -1.57. The summed E-state index contributed by atoms with van der Waals surface area (Å²) >= 11 is 0. The summed E-state index contributed by atoms with van der Waals surface area (Å²) in [6, 6.07) is 6.18. The molecule has 78 valence electrons. The summed E-state index contributed by atoms with van der Waals surface area (Å²) in [5.41, 5.74) is 3.50. The molecule has 0 saturated heterocycles. The zero-order valence-electron chi connectivity index (χ0n) is 9.37. The quantitative estimate of drug-likeness (QED) is 0.744. The Morgan fingerprint density at radius 1 is 1.27 bits per heavy atom. The molecule has 2 rings (SSSR count). The predicted molar refractivity (Wildman–Crippen MR) is 62.4 cm³/mol. The number of rotatable bonds is 2. The first-order chi connectivity index (χ1) is 7.27. The molecule has 2 aromatic rings. The van der Waals surface area contributed by atoms with E-state index in [0.29, 0.717) is 0 Å². The van der Waals surface area contributed by atoms with Crippen molar-refractivity contribution in [2.45, 2.75) is 20.3 Å². The molecule has 1 aromatic heterocycles. The van der Waals surface area contributed by atoms with Crippen LogP contribution < -0.4 is 4.74 Å². The third kappa shape index (κ3) is 1.56. The summed E-state index contributed by atoms with van der Waals surface area (Å²) in [6.45, 7) is 4.21. The average Bonchev–Trinajstić information content (AvgIpc) is 2.29. The Balaban J connectivity index is 2.78. The van der Waals surface area contributed by atoms with E-state index in [2.05, 4.69) is 24.0 Å². The van der Waals surface area contributed by atoms with Crippen LogP contribution >= 0.6 is 0 Å². The number of benzene rings is 1. The summed E-state index contributed by atoms with van der Waals surface area (Å²) in [7, 11) is 1.69. The molecule has 2 nitrogen and oxygen atoms in total. The molecule has 0 spiro atoms. The van der Waals surface area contributed by atoms with Crippen molar-refractivity contribution in [3.8, 4) is 5.75 Å². The maximum Gasteiger partial charge on any atom is 0.123 e. The van der Waals surface area contributed by atoms with Gasteiger partial charge in [0.1, 0.15) is 5.75 Å². The van der Waals surface area contributed by atoms with Crippen LogP contribution in [-0.4, -0.2) is 12.1 Å². The fourth-order valence-electron chi connectivity index (χ4n) is 1.93. The van der Waals surface area contributed by atoms with E-state index in [4.69, 9.17) is 4.74 Å². The summed E-state index contributed by atoms with van der Waals surface area (Å²) in [6.07, 6.45) is 2.90. The predicted octanol–water partition coefficient (Wildman–Crippen LogP) is 3.11. The maximum absolute atomic E-state index is 5.29. The number of aromatic nitrogens is 1. The van der Waals surface area contributed by atoms with Gasteiger partial charge in [-0.15, -0.1) is 0 Å². The van der Waals surface area contributed by atoms with Crippen LogP contribution in [0.1, 0.15) is 18.1 Å². The molecular formula is C13H15NO. The molecule has 0 aliphatic heterocycles. The Kier molecular flexibility index (Phi) is 2.58. The second-order valence-corrected chi connectivity index (χ2v) is 3.61. The number of ether oxygens (including phenoxy) is 1. The molecule has 15 heavy (non-hydrogen) atoms. The minimum Gasteiger partial charge on any atom is -0.496 e. The third-order valence-electron chi connectivity index (χ3n) is 2.81. The molecule has 0 bridgehead atoms. The topological polar surface area (TPSA) is 22.1 Å². The molecule has 1 aromatic carbocycles. The van der Waals surface area contributed by atoms with Gasteiger partial charge < -0.3 is 4.74 Å². The van der Waals surface area contributed by atoms with Crippen LogP contribution in [0.2, 0.25) is 0 Å². The SMILES string of the molecule is CCc1ccnc2c(C)c(OC)ccc12. The van der Waals surface area contributed by atoms with E-state index in [1.165, 1.54) is 10.9 Å². The Morgan fingerprint density at radius 2 is 2.07 bits per heavy atom. The van der Waals surface area contributed by atoms with Gasteiger partial charge in [-0.2, -0.15) is 0 Å². The molecule has 0 atom stereocenters. The van der Waals surface area contributed by atoms with Gasteiger partial charge >= 0.3 is 0 Å². The molecule has 0 fully saturated rings. The molecular weight excluding hydrogens is 186 g/mol. The Morgan fingerprint density at radius 3 is 2.73 bits per heavy atom. The van der Waals surface area contributed by atoms with Gasteiger partial charge in [-0.25, -0.2) is 0 Å². The number of methoxy groups -OCH3 is 1. The minimum atomic E-state index is 0.906. The van der Waals surface area contributed by atoms with Gasteiger partial charge in [-0.1, -0.05) is 6.92 Å². The van der Waals surface area contributed by atoms with Crippen molar-refractivity contribution >= 4 is 10.9 Å². The summed E-state index contributed by atoms with van der Waals surface area (Å²) in [4.78, 5) is 4.42. The van der Waals surface area contributed by atoms with Crippen LogP contribution in [0.25, 0.3) is 10.9 Å². The van der Waals surface area contributed by atoms with E-state index in [0.717, 1.165) is 23.3 Å². The van der Waals surface area contributed by atoms with Crippen molar-refractivity contribution in [2.24, 2.45) is 0 Å². The standard InChI is InChI=1S/C13H15NO/c1-4-10-7-8-14-13-9(2)12(15-3)6-5-11(10)13/h5-8H,4H2,1-3H3. The van der Waals surface area contributed by atoms with Crippen molar-refractivity contribution in [1.29, 1.82) is 0 Å². The lowest BCUT2D eigenvalue weighted by Crippen LogP contribution is -1.92. The number of hydrogen-bond donors (Lipinski definition) is 0. The average molecular weight is 201 g/mol. The largest absolute Gasteiger partial charge is 0.496 e. The van der Waals surface area contributed by atoms with Gasteiger partial charge in [0.25, 0.3) is 0 Å². The number of aryl methyl sites for hydroxylation is 2. The van der Waals surface area contributed by atoms with Crippen LogP contribution in [0, 0.1) is 6.92 Å². The Labute approximate surface area is 89.9 Å². The van der Waals surface area contributed by atoms with Crippen LogP contribution in [0.4, 0.5) is 0 Å². The summed E-state index contributed by atoms with van der Waals surface area (Å²) in [5, 5.41) is 1.23. The number of fused-ring (bicyclic) bond motifs is 1. The lowest BCUT2D eigenvalue weighted by atomic mass is 10.0. The number of nitrogens with zero attached hydrogens (tertiary/aromatic N) is 1. The van der Waals surface area contributed by atoms with Crippen LogP contribution in [-0.2, 0) is 6.42 Å². The molecule has 0 amide bonds. The molecule has 0 N–H and O–H groups in total. The highest BCUT2D eigenvalue weighted by molar-refractivity contribution is 5.86. The second-order valence-electron chi connectivity index (χ2n) is 3.61. The van der Waals surface area contributed by atoms with Gasteiger partial charge in [0.15, 0.2) is 0 Å². The molecule has 1 heterocycles. The van der Waals surface area contributed by atoms with Gasteiger partial charge in [-0.05, 0) is 37.1 Å². The first kappa shape index (κ1) is 9.97. The molecule has 0 radical (unpaired) electrons. The van der Waals surface area contributed by atoms with E-state index in [-0.39, 0.29) is 0 Å². The smallest absolute Gasteiger partial charge is 0.123 e. The highest BCUT2D eigenvalue weighted by Crippen LogP contribution is 2.27. The minimum absolute atomic E-state index is 0.906. The van der Waals surface area contributed by atoms with Gasteiger partial charge in [0, 0.05) is 17.1 Å². The molecule has 0 aliphatic carbocycles. The van der Waals surface area contributed by atoms with Crippen LogP contribution in [0.3, 0.4) is 0 Å².